The number of thioether (sulfide) groups is 1. The summed E-state index contributed by atoms with van der Waals surface area (Å²) >= 11 is 2.08. The summed E-state index contributed by atoms with van der Waals surface area (Å²) < 4.78 is 0. The smallest absolute Gasteiger partial charge is 0.0355 e. The molecule has 100 valence electrons. The highest BCUT2D eigenvalue weighted by Gasteiger charge is 2.21. The molecule has 2 nitrogen and oxygen atoms in total. The van der Waals surface area contributed by atoms with Gasteiger partial charge >= 0.3 is 0 Å². The molecular formula is C15H24N2S. The van der Waals surface area contributed by atoms with Crippen LogP contribution in [0.1, 0.15) is 18.5 Å². The Bertz CT molecular complexity index is 336. The third-order valence-corrected chi connectivity index (χ3v) is 4.63. The van der Waals surface area contributed by atoms with Crippen molar-refractivity contribution >= 4 is 11.8 Å². The van der Waals surface area contributed by atoms with E-state index in [1.54, 1.807) is 0 Å². The lowest BCUT2D eigenvalue weighted by Crippen LogP contribution is -2.39. The van der Waals surface area contributed by atoms with Gasteiger partial charge in [0.25, 0.3) is 0 Å². The fourth-order valence-electron chi connectivity index (χ4n) is 2.74. The number of benzene rings is 1. The normalized spacial score (nSPS) is 20.6. The van der Waals surface area contributed by atoms with Gasteiger partial charge in [-0.25, -0.2) is 0 Å². The van der Waals surface area contributed by atoms with E-state index in [1.807, 2.05) is 0 Å². The minimum Gasteiger partial charge on any atom is -0.313 e. The summed E-state index contributed by atoms with van der Waals surface area (Å²) in [5.41, 5.74) is 1.40. The quantitative estimate of drug-likeness (QED) is 0.880. The standard InChI is InChI=1S/C15H24N2S/c1-13(12-17-8-10-18-11-9-17)15(16-2)14-6-4-3-5-7-14/h3-7,13,15-16H,8-12H2,1-2H3. The first kappa shape index (κ1) is 13.9. The van der Waals surface area contributed by atoms with Crippen molar-refractivity contribution in [2.45, 2.75) is 13.0 Å². The second-order valence-corrected chi connectivity index (χ2v) is 6.29. The largest absolute Gasteiger partial charge is 0.313 e. The van der Waals surface area contributed by atoms with Crippen molar-refractivity contribution in [1.82, 2.24) is 10.2 Å². The molecule has 1 saturated heterocycles. The van der Waals surface area contributed by atoms with Crippen molar-refractivity contribution in [2.24, 2.45) is 5.92 Å². The maximum atomic E-state index is 3.48. The Labute approximate surface area is 115 Å². The minimum absolute atomic E-state index is 0.459. The minimum atomic E-state index is 0.459. The van der Waals surface area contributed by atoms with Crippen molar-refractivity contribution in [2.75, 3.05) is 38.2 Å². The highest BCUT2D eigenvalue weighted by Crippen LogP contribution is 2.23. The molecule has 1 N–H and O–H groups in total. The van der Waals surface area contributed by atoms with Gasteiger partial charge in [0.2, 0.25) is 0 Å². The molecule has 0 aliphatic carbocycles. The van der Waals surface area contributed by atoms with Crippen molar-refractivity contribution in [3.8, 4) is 0 Å². The van der Waals surface area contributed by atoms with Gasteiger partial charge in [0.1, 0.15) is 0 Å². The number of hydrogen-bond donors (Lipinski definition) is 1. The molecule has 0 spiro atoms. The summed E-state index contributed by atoms with van der Waals surface area (Å²) in [5.74, 6) is 3.23. The first-order valence-electron chi connectivity index (χ1n) is 6.83. The maximum Gasteiger partial charge on any atom is 0.0355 e. The highest BCUT2D eigenvalue weighted by atomic mass is 32.2. The lowest BCUT2D eigenvalue weighted by atomic mass is 9.94. The van der Waals surface area contributed by atoms with E-state index in [0.717, 1.165) is 0 Å². The first-order valence-corrected chi connectivity index (χ1v) is 7.99. The molecule has 1 aliphatic heterocycles. The molecule has 2 unspecified atom stereocenters. The first-order chi connectivity index (χ1) is 8.81. The molecule has 3 heteroatoms. The predicted molar refractivity (Wildman–Crippen MR) is 81.2 cm³/mol. The van der Waals surface area contributed by atoms with Gasteiger partial charge in [-0.2, -0.15) is 11.8 Å². The summed E-state index contributed by atoms with van der Waals surface area (Å²) in [6.07, 6.45) is 0. The van der Waals surface area contributed by atoms with Gasteiger partial charge in [0.05, 0.1) is 0 Å². The van der Waals surface area contributed by atoms with Crippen LogP contribution in [0.5, 0.6) is 0 Å². The van der Waals surface area contributed by atoms with E-state index in [9.17, 15) is 0 Å². The van der Waals surface area contributed by atoms with Gasteiger partial charge in [-0.05, 0) is 18.5 Å². The van der Waals surface area contributed by atoms with Crippen LogP contribution < -0.4 is 5.32 Å². The van der Waals surface area contributed by atoms with Crippen LogP contribution in [0.3, 0.4) is 0 Å². The van der Waals surface area contributed by atoms with Crippen molar-refractivity contribution in [3.05, 3.63) is 35.9 Å². The zero-order valence-electron chi connectivity index (χ0n) is 11.4. The van der Waals surface area contributed by atoms with E-state index >= 15 is 0 Å². The van der Waals surface area contributed by atoms with E-state index < -0.39 is 0 Å². The van der Waals surface area contributed by atoms with Crippen LogP contribution in [-0.4, -0.2) is 43.1 Å². The third-order valence-electron chi connectivity index (χ3n) is 3.69. The zero-order chi connectivity index (χ0) is 12.8. The molecule has 1 heterocycles. The molecule has 2 rings (SSSR count). The Morgan fingerprint density at radius 1 is 1.22 bits per heavy atom. The average Bonchev–Trinajstić information content (AvgIpc) is 2.42. The Kier molecular flexibility index (Phi) is 5.54. The zero-order valence-corrected chi connectivity index (χ0v) is 12.2. The van der Waals surface area contributed by atoms with Crippen LogP contribution in [-0.2, 0) is 0 Å². The molecule has 0 saturated carbocycles. The average molecular weight is 264 g/mol. The SMILES string of the molecule is CNC(c1ccccc1)C(C)CN1CCSCC1. The summed E-state index contributed by atoms with van der Waals surface area (Å²) in [5, 5.41) is 3.48. The van der Waals surface area contributed by atoms with Crippen molar-refractivity contribution in [3.63, 3.8) is 0 Å². The fraction of sp³-hybridized carbons (Fsp3) is 0.600. The summed E-state index contributed by atoms with van der Waals surface area (Å²) in [6, 6.07) is 11.3. The molecule has 2 atom stereocenters. The topological polar surface area (TPSA) is 15.3 Å². The Morgan fingerprint density at radius 3 is 2.50 bits per heavy atom. The number of nitrogens with one attached hydrogen (secondary N) is 1. The molecule has 1 aromatic carbocycles. The van der Waals surface area contributed by atoms with E-state index in [-0.39, 0.29) is 0 Å². The number of nitrogens with zero attached hydrogens (tertiary/aromatic N) is 1. The van der Waals surface area contributed by atoms with Crippen molar-refractivity contribution in [1.29, 1.82) is 0 Å². The molecule has 0 bridgehead atoms. The Hall–Kier alpha value is -0.510. The van der Waals surface area contributed by atoms with Gasteiger partial charge in [-0.15, -0.1) is 0 Å². The molecule has 18 heavy (non-hydrogen) atoms. The van der Waals surface area contributed by atoms with E-state index in [4.69, 9.17) is 0 Å². The van der Waals surface area contributed by atoms with E-state index in [2.05, 4.69) is 66.3 Å². The maximum absolute atomic E-state index is 3.48. The van der Waals surface area contributed by atoms with Crippen LogP contribution in [0.25, 0.3) is 0 Å². The lowest BCUT2D eigenvalue weighted by molar-refractivity contribution is 0.231. The monoisotopic (exact) mass is 264 g/mol. The van der Waals surface area contributed by atoms with Crippen LogP contribution in [0, 0.1) is 5.92 Å². The van der Waals surface area contributed by atoms with Gasteiger partial charge in [0, 0.05) is 37.2 Å². The summed E-state index contributed by atoms with van der Waals surface area (Å²) in [4.78, 5) is 2.61. The van der Waals surface area contributed by atoms with Gasteiger partial charge < -0.3 is 10.2 Å². The molecule has 1 aliphatic rings. The van der Waals surface area contributed by atoms with E-state index in [0.29, 0.717) is 12.0 Å². The Morgan fingerprint density at radius 2 is 1.89 bits per heavy atom. The number of hydrogen-bond acceptors (Lipinski definition) is 3. The molecule has 1 aromatic rings. The van der Waals surface area contributed by atoms with Gasteiger partial charge in [-0.1, -0.05) is 37.3 Å². The third kappa shape index (κ3) is 3.74. The Balaban J connectivity index is 1.94. The van der Waals surface area contributed by atoms with Gasteiger partial charge in [-0.3, -0.25) is 0 Å². The predicted octanol–water partition coefficient (Wildman–Crippen LogP) is 2.63. The second-order valence-electron chi connectivity index (χ2n) is 5.07. The van der Waals surface area contributed by atoms with Crippen LogP contribution >= 0.6 is 11.8 Å². The molecule has 0 radical (unpaired) electrons. The summed E-state index contributed by atoms with van der Waals surface area (Å²) in [7, 11) is 2.07. The highest BCUT2D eigenvalue weighted by molar-refractivity contribution is 7.99. The molecule has 0 aromatic heterocycles. The molecule has 0 amide bonds. The molecule has 1 fully saturated rings. The van der Waals surface area contributed by atoms with Gasteiger partial charge in [0.15, 0.2) is 0 Å². The van der Waals surface area contributed by atoms with Crippen molar-refractivity contribution < 1.29 is 0 Å². The van der Waals surface area contributed by atoms with Crippen LogP contribution in [0.4, 0.5) is 0 Å². The fourth-order valence-corrected chi connectivity index (χ4v) is 3.72. The van der Waals surface area contributed by atoms with Crippen LogP contribution in [0.2, 0.25) is 0 Å². The molecular weight excluding hydrogens is 240 g/mol. The van der Waals surface area contributed by atoms with E-state index in [1.165, 1.54) is 36.7 Å². The number of rotatable bonds is 5. The lowest BCUT2D eigenvalue weighted by Gasteiger charge is -2.32. The van der Waals surface area contributed by atoms with Crippen LogP contribution in [0.15, 0.2) is 30.3 Å². The second kappa shape index (κ2) is 7.17. The summed E-state index contributed by atoms with van der Waals surface area (Å²) in [6.45, 7) is 6.05.